The molecule has 2 N–H and O–H groups in total. The maximum absolute atomic E-state index is 12.0. The van der Waals surface area contributed by atoms with Crippen LogP contribution in [-0.2, 0) is 6.54 Å². The molecule has 0 fully saturated rings. The van der Waals surface area contributed by atoms with E-state index in [0.717, 1.165) is 24.3 Å². The number of pyridine rings is 1. The van der Waals surface area contributed by atoms with Crippen LogP contribution in [0.2, 0.25) is 0 Å². The Morgan fingerprint density at radius 3 is 2.84 bits per heavy atom. The Labute approximate surface area is 112 Å². The highest BCUT2D eigenvalue weighted by atomic mass is 16.1. The molecular formula is C15H17N3O. The quantitative estimate of drug-likeness (QED) is 0.862. The highest BCUT2D eigenvalue weighted by molar-refractivity contribution is 6.02. The van der Waals surface area contributed by atoms with Crippen LogP contribution in [0.25, 0.3) is 0 Å². The van der Waals surface area contributed by atoms with Crippen molar-refractivity contribution in [3.8, 4) is 0 Å². The van der Waals surface area contributed by atoms with E-state index in [9.17, 15) is 4.79 Å². The maximum Gasteiger partial charge on any atom is 0.274 e. The zero-order valence-electron chi connectivity index (χ0n) is 10.9. The van der Waals surface area contributed by atoms with Gasteiger partial charge in [0.05, 0.1) is 0 Å². The normalized spacial score (nSPS) is 10.2. The van der Waals surface area contributed by atoms with E-state index in [-0.39, 0.29) is 5.91 Å². The molecule has 1 aromatic heterocycles. The lowest BCUT2D eigenvalue weighted by molar-refractivity contribution is 0.102. The molecule has 4 nitrogen and oxygen atoms in total. The Hall–Kier alpha value is -2.20. The van der Waals surface area contributed by atoms with Crippen molar-refractivity contribution >= 4 is 11.6 Å². The molecule has 0 aliphatic carbocycles. The molecule has 1 amide bonds. The minimum atomic E-state index is -0.193. The number of carbonyl (C=O) groups excluding carboxylic acids is 1. The topological polar surface area (TPSA) is 54.0 Å². The van der Waals surface area contributed by atoms with Gasteiger partial charge in [0.1, 0.15) is 5.69 Å². The predicted molar refractivity (Wildman–Crippen MR) is 76.0 cm³/mol. The van der Waals surface area contributed by atoms with Crippen LogP contribution in [0, 0.1) is 0 Å². The Bertz CT molecular complexity index is 540. The van der Waals surface area contributed by atoms with E-state index in [4.69, 9.17) is 0 Å². The van der Waals surface area contributed by atoms with Crippen LogP contribution in [0.4, 0.5) is 5.69 Å². The average molecular weight is 255 g/mol. The number of carbonyl (C=O) groups is 1. The molecule has 0 saturated heterocycles. The number of rotatable bonds is 5. The molecule has 0 radical (unpaired) electrons. The number of nitrogens with zero attached hydrogens (tertiary/aromatic N) is 1. The fourth-order valence-electron chi connectivity index (χ4n) is 1.72. The van der Waals surface area contributed by atoms with E-state index in [2.05, 4.69) is 22.5 Å². The minimum absolute atomic E-state index is 0.193. The molecule has 0 aliphatic rings. The van der Waals surface area contributed by atoms with Crippen LogP contribution < -0.4 is 10.6 Å². The number of anilines is 1. The van der Waals surface area contributed by atoms with E-state index in [1.807, 2.05) is 24.3 Å². The van der Waals surface area contributed by atoms with E-state index in [1.54, 1.807) is 24.4 Å². The van der Waals surface area contributed by atoms with E-state index < -0.39 is 0 Å². The highest BCUT2D eigenvalue weighted by Crippen LogP contribution is 2.11. The van der Waals surface area contributed by atoms with E-state index >= 15 is 0 Å². The first-order chi connectivity index (χ1) is 9.29. The van der Waals surface area contributed by atoms with Crippen molar-refractivity contribution in [1.82, 2.24) is 10.3 Å². The molecule has 0 aliphatic heterocycles. The second-order valence-electron chi connectivity index (χ2n) is 4.15. The van der Waals surface area contributed by atoms with Crippen LogP contribution in [0.3, 0.4) is 0 Å². The molecule has 1 heterocycles. The van der Waals surface area contributed by atoms with Crippen molar-refractivity contribution in [2.75, 3.05) is 11.9 Å². The minimum Gasteiger partial charge on any atom is -0.321 e. The molecule has 0 atom stereocenters. The first-order valence-electron chi connectivity index (χ1n) is 6.31. The van der Waals surface area contributed by atoms with Crippen LogP contribution in [0.5, 0.6) is 0 Å². The van der Waals surface area contributed by atoms with Gasteiger partial charge in [-0.05, 0) is 36.4 Å². The van der Waals surface area contributed by atoms with Crippen molar-refractivity contribution < 1.29 is 4.79 Å². The second kappa shape index (κ2) is 6.66. The fraction of sp³-hybridized carbons (Fsp3) is 0.200. The van der Waals surface area contributed by atoms with Crippen LogP contribution in [0.1, 0.15) is 23.0 Å². The molecule has 0 saturated carbocycles. The number of nitrogens with one attached hydrogen (secondary N) is 2. The molecule has 0 spiro atoms. The Morgan fingerprint density at radius 2 is 2.11 bits per heavy atom. The largest absolute Gasteiger partial charge is 0.321 e. The van der Waals surface area contributed by atoms with Gasteiger partial charge in [0.15, 0.2) is 0 Å². The standard InChI is InChI=1S/C15H17N3O/c1-2-16-11-12-6-5-7-13(10-12)18-15(19)14-8-3-4-9-17-14/h3-10,16H,2,11H2,1H3,(H,18,19). The van der Waals surface area contributed by atoms with Crippen molar-refractivity contribution in [3.05, 3.63) is 59.9 Å². The predicted octanol–water partition coefficient (Wildman–Crippen LogP) is 2.44. The van der Waals surface area contributed by atoms with Gasteiger partial charge in [0, 0.05) is 18.4 Å². The third-order valence-electron chi connectivity index (χ3n) is 2.66. The molecule has 2 rings (SSSR count). The number of aromatic nitrogens is 1. The van der Waals surface area contributed by atoms with Gasteiger partial charge >= 0.3 is 0 Å². The molecule has 0 unspecified atom stereocenters. The lowest BCUT2D eigenvalue weighted by Crippen LogP contribution is -2.14. The van der Waals surface area contributed by atoms with Crippen LogP contribution >= 0.6 is 0 Å². The summed E-state index contributed by atoms with van der Waals surface area (Å²) in [4.78, 5) is 16.0. The average Bonchev–Trinajstić information content (AvgIpc) is 2.46. The zero-order chi connectivity index (χ0) is 13.5. The zero-order valence-corrected chi connectivity index (χ0v) is 10.9. The van der Waals surface area contributed by atoms with Gasteiger partial charge in [-0.2, -0.15) is 0 Å². The third kappa shape index (κ3) is 3.89. The number of hydrogen-bond donors (Lipinski definition) is 2. The monoisotopic (exact) mass is 255 g/mol. The lowest BCUT2D eigenvalue weighted by atomic mass is 10.2. The summed E-state index contributed by atoms with van der Waals surface area (Å²) in [6.45, 7) is 3.78. The summed E-state index contributed by atoms with van der Waals surface area (Å²) >= 11 is 0. The molecule has 0 bridgehead atoms. The Balaban J connectivity index is 2.05. The maximum atomic E-state index is 12.0. The van der Waals surface area contributed by atoms with Crippen molar-refractivity contribution in [3.63, 3.8) is 0 Å². The summed E-state index contributed by atoms with van der Waals surface area (Å²) in [5.74, 6) is -0.193. The van der Waals surface area contributed by atoms with Crippen molar-refractivity contribution in [2.24, 2.45) is 0 Å². The second-order valence-corrected chi connectivity index (χ2v) is 4.15. The fourth-order valence-corrected chi connectivity index (χ4v) is 1.72. The van der Waals surface area contributed by atoms with Gasteiger partial charge in [-0.3, -0.25) is 9.78 Å². The first kappa shape index (κ1) is 13.2. The summed E-state index contributed by atoms with van der Waals surface area (Å²) in [6, 6.07) is 13.1. The van der Waals surface area contributed by atoms with E-state index in [1.165, 1.54) is 0 Å². The molecule has 1 aromatic carbocycles. The Kier molecular flexibility index (Phi) is 4.64. The molecule has 98 valence electrons. The number of amides is 1. The summed E-state index contributed by atoms with van der Waals surface area (Å²) < 4.78 is 0. The van der Waals surface area contributed by atoms with Gasteiger partial charge in [-0.25, -0.2) is 0 Å². The summed E-state index contributed by atoms with van der Waals surface area (Å²) in [6.07, 6.45) is 1.61. The molecular weight excluding hydrogens is 238 g/mol. The highest BCUT2D eigenvalue weighted by Gasteiger charge is 2.06. The summed E-state index contributed by atoms with van der Waals surface area (Å²) in [5, 5.41) is 6.10. The third-order valence-corrected chi connectivity index (χ3v) is 2.66. The van der Waals surface area contributed by atoms with Crippen molar-refractivity contribution in [1.29, 1.82) is 0 Å². The smallest absolute Gasteiger partial charge is 0.274 e. The summed E-state index contributed by atoms with van der Waals surface area (Å²) in [7, 11) is 0. The Morgan fingerprint density at radius 1 is 1.21 bits per heavy atom. The summed E-state index contributed by atoms with van der Waals surface area (Å²) in [5.41, 5.74) is 2.34. The van der Waals surface area contributed by atoms with Gasteiger partial charge in [-0.15, -0.1) is 0 Å². The van der Waals surface area contributed by atoms with Gasteiger partial charge in [-0.1, -0.05) is 25.1 Å². The van der Waals surface area contributed by atoms with Crippen LogP contribution in [-0.4, -0.2) is 17.4 Å². The molecule has 4 heteroatoms. The SMILES string of the molecule is CCNCc1cccc(NC(=O)c2ccccn2)c1. The first-order valence-corrected chi connectivity index (χ1v) is 6.31. The van der Waals surface area contributed by atoms with Gasteiger partial charge in [0.2, 0.25) is 0 Å². The van der Waals surface area contributed by atoms with Crippen molar-refractivity contribution in [2.45, 2.75) is 13.5 Å². The van der Waals surface area contributed by atoms with E-state index in [0.29, 0.717) is 5.69 Å². The molecule has 2 aromatic rings. The van der Waals surface area contributed by atoms with Crippen LogP contribution in [0.15, 0.2) is 48.7 Å². The lowest BCUT2D eigenvalue weighted by Gasteiger charge is -2.07. The number of hydrogen-bond acceptors (Lipinski definition) is 3. The number of benzene rings is 1. The van der Waals surface area contributed by atoms with Gasteiger partial charge in [0.25, 0.3) is 5.91 Å². The van der Waals surface area contributed by atoms with Gasteiger partial charge < -0.3 is 10.6 Å². The molecule has 19 heavy (non-hydrogen) atoms.